The molecule has 0 fully saturated rings. The van der Waals surface area contributed by atoms with Gasteiger partial charge in [-0.15, -0.1) is 0 Å². The number of carbonyl (C=O) groups excluding carboxylic acids is 1. The maximum absolute atomic E-state index is 11.4. The molecule has 4 nitrogen and oxygen atoms in total. The minimum absolute atomic E-state index is 0.249. The summed E-state index contributed by atoms with van der Waals surface area (Å²) in [5.74, 6) is -0.345. The highest BCUT2D eigenvalue weighted by molar-refractivity contribution is 8.00. The van der Waals surface area contributed by atoms with E-state index in [2.05, 4.69) is 25.3 Å². The first kappa shape index (κ1) is 15.3. The molecule has 0 aromatic heterocycles. The zero-order valence-corrected chi connectivity index (χ0v) is 12.2. The number of rotatable bonds is 6. The Morgan fingerprint density at radius 1 is 1.33 bits per heavy atom. The fourth-order valence-corrected chi connectivity index (χ4v) is 1.84. The van der Waals surface area contributed by atoms with Crippen molar-refractivity contribution in [3.05, 3.63) is 0 Å². The lowest BCUT2D eigenvalue weighted by Gasteiger charge is -2.22. The van der Waals surface area contributed by atoms with Crippen LogP contribution in [-0.2, 0) is 18.1 Å². The second-order valence-corrected chi connectivity index (χ2v) is 8.53. The van der Waals surface area contributed by atoms with Crippen molar-refractivity contribution in [2.75, 3.05) is 14.2 Å². The van der Waals surface area contributed by atoms with Crippen molar-refractivity contribution < 1.29 is 18.1 Å². The second-order valence-electron chi connectivity index (χ2n) is 3.46. The van der Waals surface area contributed by atoms with Crippen molar-refractivity contribution in [1.29, 1.82) is 0 Å². The number of hydrogen-bond acceptors (Lipinski definition) is 6. The van der Waals surface area contributed by atoms with Crippen LogP contribution in [0.1, 0.15) is 19.8 Å². The lowest BCUT2D eigenvalue weighted by Crippen LogP contribution is -2.42. The molecular weight excluding hydrogens is 252 g/mol. The molecule has 0 radical (unpaired) electrons. The normalized spacial score (nSPS) is 12.7. The number of carbonyl (C=O) groups is 1. The van der Waals surface area contributed by atoms with Crippen LogP contribution in [0.2, 0.25) is 6.55 Å². The molecule has 0 aromatic carbocycles. The molecule has 0 rings (SSSR count). The van der Waals surface area contributed by atoms with Crippen molar-refractivity contribution in [3.63, 3.8) is 0 Å². The maximum Gasteiger partial charge on any atom is 0.564 e. The van der Waals surface area contributed by atoms with Gasteiger partial charge >= 0.3 is 8.80 Å². The summed E-state index contributed by atoms with van der Waals surface area (Å²) in [6.07, 6.45) is 0.773. The van der Waals surface area contributed by atoms with Crippen LogP contribution in [0.3, 0.4) is 0 Å². The highest BCUT2D eigenvalue weighted by atomic mass is 32.2. The van der Waals surface area contributed by atoms with E-state index >= 15 is 0 Å². The molecule has 90 valence electrons. The summed E-state index contributed by atoms with van der Waals surface area (Å²) >= 11 is 8.38. The molecule has 0 heterocycles. The van der Waals surface area contributed by atoms with Gasteiger partial charge in [0, 0.05) is 27.2 Å². The van der Waals surface area contributed by atoms with Gasteiger partial charge in [-0.25, -0.2) is 0 Å². The fourth-order valence-electron chi connectivity index (χ4n) is 0.763. The zero-order valence-electron chi connectivity index (χ0n) is 9.44. The highest BCUT2D eigenvalue weighted by Crippen LogP contribution is 2.24. The van der Waals surface area contributed by atoms with Crippen LogP contribution in [0.25, 0.3) is 0 Å². The SMILES string of the molecule is CO[Si](C)(OC)OC(=O)CCC(C)(S)S. The highest BCUT2D eigenvalue weighted by Gasteiger charge is 2.36. The van der Waals surface area contributed by atoms with E-state index in [9.17, 15) is 4.79 Å². The summed E-state index contributed by atoms with van der Waals surface area (Å²) in [6.45, 7) is 3.47. The minimum atomic E-state index is -2.76. The Morgan fingerprint density at radius 2 is 1.80 bits per heavy atom. The van der Waals surface area contributed by atoms with Crippen LogP contribution in [0, 0.1) is 0 Å². The van der Waals surface area contributed by atoms with Crippen LogP contribution >= 0.6 is 25.3 Å². The van der Waals surface area contributed by atoms with Gasteiger partial charge in [0.1, 0.15) is 0 Å². The molecule has 7 heteroatoms. The third-order valence-electron chi connectivity index (χ3n) is 1.84. The molecule has 0 saturated carbocycles. The summed E-state index contributed by atoms with van der Waals surface area (Å²) in [5, 5.41) is 0. The summed E-state index contributed by atoms with van der Waals surface area (Å²) in [5.41, 5.74) is 0. The van der Waals surface area contributed by atoms with Crippen LogP contribution in [0.5, 0.6) is 0 Å². The molecule has 0 aliphatic heterocycles. The molecule has 0 bridgehead atoms. The largest absolute Gasteiger partial charge is 0.564 e. The Balaban J connectivity index is 4.04. The Labute approximate surface area is 103 Å². The molecule has 0 aromatic rings. The van der Waals surface area contributed by atoms with Crippen molar-refractivity contribution in [2.45, 2.75) is 30.4 Å². The Morgan fingerprint density at radius 3 is 2.13 bits per heavy atom. The smallest absolute Gasteiger partial charge is 0.473 e. The molecular formula is C8H18O4S2Si. The lowest BCUT2D eigenvalue weighted by atomic mass is 10.2. The molecule has 0 spiro atoms. The van der Waals surface area contributed by atoms with Gasteiger partial charge in [0.2, 0.25) is 0 Å². The van der Waals surface area contributed by atoms with E-state index in [1.807, 2.05) is 6.92 Å². The molecule has 0 atom stereocenters. The van der Waals surface area contributed by atoms with Gasteiger partial charge in [-0.2, -0.15) is 25.3 Å². The van der Waals surface area contributed by atoms with Gasteiger partial charge in [0.25, 0.3) is 5.97 Å². The molecule has 0 saturated heterocycles. The monoisotopic (exact) mass is 270 g/mol. The quantitative estimate of drug-likeness (QED) is 0.438. The van der Waals surface area contributed by atoms with Crippen LogP contribution < -0.4 is 0 Å². The van der Waals surface area contributed by atoms with Crippen LogP contribution in [0.15, 0.2) is 0 Å². The average molecular weight is 270 g/mol. The van der Waals surface area contributed by atoms with Gasteiger partial charge in [-0.05, 0) is 13.3 Å². The third-order valence-corrected chi connectivity index (χ3v) is 4.37. The number of thiol groups is 2. The van der Waals surface area contributed by atoms with E-state index in [1.54, 1.807) is 6.55 Å². The first-order chi connectivity index (χ1) is 6.72. The minimum Gasteiger partial charge on any atom is -0.473 e. The molecule has 15 heavy (non-hydrogen) atoms. The van der Waals surface area contributed by atoms with E-state index in [-0.39, 0.29) is 12.4 Å². The van der Waals surface area contributed by atoms with Crippen molar-refractivity contribution in [1.82, 2.24) is 0 Å². The first-order valence-electron chi connectivity index (χ1n) is 4.49. The predicted octanol–water partition coefficient (Wildman–Crippen LogP) is 1.75. The van der Waals surface area contributed by atoms with E-state index in [4.69, 9.17) is 13.3 Å². The molecule has 0 unspecified atom stereocenters. The molecule has 0 aliphatic carbocycles. The van der Waals surface area contributed by atoms with Gasteiger partial charge in [-0.1, -0.05) is 0 Å². The molecule has 0 aliphatic rings. The Kier molecular flexibility index (Phi) is 6.27. The lowest BCUT2D eigenvalue weighted by molar-refractivity contribution is -0.138. The maximum atomic E-state index is 11.4. The predicted molar refractivity (Wildman–Crippen MR) is 67.3 cm³/mol. The third kappa shape index (κ3) is 7.23. The number of hydrogen-bond donors (Lipinski definition) is 2. The Bertz CT molecular complexity index is 213. The standard InChI is InChI=1S/C8H18O4S2Si/c1-8(13,14)6-5-7(9)12-15(4,10-2)11-3/h13-14H,5-6H2,1-4H3. The van der Waals surface area contributed by atoms with Crippen LogP contribution in [0.4, 0.5) is 0 Å². The summed E-state index contributed by atoms with van der Waals surface area (Å²) < 4.78 is 14.7. The topological polar surface area (TPSA) is 44.8 Å². The Hall–Kier alpha value is 0.307. The van der Waals surface area contributed by atoms with E-state index in [0.717, 1.165) is 0 Å². The van der Waals surface area contributed by atoms with Crippen molar-refractivity contribution in [3.8, 4) is 0 Å². The van der Waals surface area contributed by atoms with Crippen molar-refractivity contribution in [2.24, 2.45) is 0 Å². The van der Waals surface area contributed by atoms with Crippen LogP contribution in [-0.4, -0.2) is 33.1 Å². The van der Waals surface area contributed by atoms with E-state index in [0.29, 0.717) is 6.42 Å². The summed E-state index contributed by atoms with van der Waals surface area (Å²) in [4.78, 5) is 11.4. The van der Waals surface area contributed by atoms with Gasteiger partial charge in [0.05, 0.1) is 4.08 Å². The van der Waals surface area contributed by atoms with Gasteiger partial charge in [-0.3, -0.25) is 4.79 Å². The molecule has 0 amide bonds. The average Bonchev–Trinajstić information content (AvgIpc) is 2.13. The van der Waals surface area contributed by atoms with E-state index < -0.39 is 12.9 Å². The zero-order chi connectivity index (χ0) is 12.1. The fraction of sp³-hybridized carbons (Fsp3) is 0.875. The van der Waals surface area contributed by atoms with Gasteiger partial charge in [0.15, 0.2) is 0 Å². The molecule has 0 N–H and O–H groups in total. The van der Waals surface area contributed by atoms with Crippen molar-refractivity contribution >= 4 is 40.0 Å². The summed E-state index contributed by atoms with van der Waals surface area (Å²) in [7, 11) is 0.169. The van der Waals surface area contributed by atoms with Gasteiger partial charge < -0.3 is 13.3 Å². The second kappa shape index (κ2) is 6.14. The summed E-state index contributed by atoms with van der Waals surface area (Å²) in [6, 6.07) is 0. The first-order valence-corrected chi connectivity index (χ1v) is 7.61. The van der Waals surface area contributed by atoms with E-state index in [1.165, 1.54) is 14.2 Å².